The Morgan fingerprint density at radius 2 is 1.96 bits per heavy atom. The first-order chi connectivity index (χ1) is 12.5. The summed E-state index contributed by atoms with van der Waals surface area (Å²) in [4.78, 5) is 3.81. The highest BCUT2D eigenvalue weighted by Gasteiger charge is 2.16. The van der Waals surface area contributed by atoms with Crippen molar-refractivity contribution in [2.45, 2.75) is 25.2 Å². The standard InChI is InChI=1S/C17H15ClFN3O3S/c1-3-26-17-22-21-15(25-17)10(2)23-12-4-6-13(7-5-12)24-16-14(19)8-11(18)9-20-16/h4-10H,3H2,1-2H3/t10-/m0/s1. The van der Waals surface area contributed by atoms with Crippen LogP contribution in [-0.2, 0) is 0 Å². The van der Waals surface area contributed by atoms with Crippen LogP contribution >= 0.6 is 23.4 Å². The van der Waals surface area contributed by atoms with Gasteiger partial charge in [0.15, 0.2) is 11.9 Å². The fraction of sp³-hybridized carbons (Fsp3) is 0.235. The molecule has 0 spiro atoms. The number of aromatic nitrogens is 3. The molecule has 6 nitrogen and oxygen atoms in total. The van der Waals surface area contributed by atoms with Crippen LogP contribution in [0.5, 0.6) is 17.4 Å². The molecule has 0 fully saturated rings. The van der Waals surface area contributed by atoms with Crippen molar-refractivity contribution >= 4 is 23.4 Å². The van der Waals surface area contributed by atoms with Crippen molar-refractivity contribution in [1.82, 2.24) is 15.2 Å². The molecule has 9 heteroatoms. The summed E-state index contributed by atoms with van der Waals surface area (Å²) in [5.41, 5.74) is 0. The number of hydrogen-bond acceptors (Lipinski definition) is 7. The molecule has 2 heterocycles. The summed E-state index contributed by atoms with van der Waals surface area (Å²) in [6.45, 7) is 3.81. The lowest BCUT2D eigenvalue weighted by molar-refractivity contribution is 0.181. The molecule has 0 aliphatic carbocycles. The molecule has 1 aromatic carbocycles. The molecular weight excluding hydrogens is 381 g/mol. The minimum absolute atomic E-state index is 0.150. The van der Waals surface area contributed by atoms with Gasteiger partial charge in [0.1, 0.15) is 11.5 Å². The zero-order valence-corrected chi connectivity index (χ0v) is 15.6. The molecule has 0 aliphatic heterocycles. The SMILES string of the molecule is CCSc1nnc([C@H](C)Oc2ccc(Oc3ncc(Cl)cc3F)cc2)o1. The number of pyridine rings is 1. The van der Waals surface area contributed by atoms with Crippen LogP contribution in [0.25, 0.3) is 0 Å². The monoisotopic (exact) mass is 395 g/mol. The summed E-state index contributed by atoms with van der Waals surface area (Å²) < 4.78 is 30.4. The molecule has 0 saturated carbocycles. The predicted molar refractivity (Wildman–Crippen MR) is 95.5 cm³/mol. The Bertz CT molecular complexity index is 876. The second kappa shape index (κ2) is 8.37. The van der Waals surface area contributed by atoms with Crippen LogP contribution in [0.15, 0.2) is 46.2 Å². The maximum atomic E-state index is 13.7. The normalized spacial score (nSPS) is 12.0. The Hall–Kier alpha value is -2.32. The molecule has 136 valence electrons. The van der Waals surface area contributed by atoms with Gasteiger partial charge in [-0.25, -0.2) is 9.37 Å². The van der Waals surface area contributed by atoms with Gasteiger partial charge >= 0.3 is 0 Å². The highest BCUT2D eigenvalue weighted by atomic mass is 35.5. The lowest BCUT2D eigenvalue weighted by atomic mass is 10.3. The zero-order chi connectivity index (χ0) is 18.5. The number of benzene rings is 1. The predicted octanol–water partition coefficient (Wildman–Crippen LogP) is 5.30. The third-order valence-corrected chi connectivity index (χ3v) is 4.07. The lowest BCUT2D eigenvalue weighted by Gasteiger charge is -2.11. The topological polar surface area (TPSA) is 70.3 Å². The van der Waals surface area contributed by atoms with Crippen molar-refractivity contribution in [3.63, 3.8) is 0 Å². The first-order valence-electron chi connectivity index (χ1n) is 7.77. The van der Waals surface area contributed by atoms with Crippen LogP contribution in [0.2, 0.25) is 5.02 Å². The van der Waals surface area contributed by atoms with Crippen LogP contribution in [0, 0.1) is 5.82 Å². The first kappa shape index (κ1) is 18.5. The van der Waals surface area contributed by atoms with Crippen molar-refractivity contribution in [3.05, 3.63) is 53.3 Å². The Labute approximate surface area is 158 Å². The van der Waals surface area contributed by atoms with E-state index in [1.54, 1.807) is 24.3 Å². The summed E-state index contributed by atoms with van der Waals surface area (Å²) in [6.07, 6.45) is 0.907. The molecule has 3 aromatic rings. The highest BCUT2D eigenvalue weighted by molar-refractivity contribution is 7.99. The summed E-state index contributed by atoms with van der Waals surface area (Å²) in [7, 11) is 0. The van der Waals surface area contributed by atoms with E-state index in [1.807, 2.05) is 13.8 Å². The maximum absolute atomic E-state index is 13.7. The maximum Gasteiger partial charge on any atom is 0.276 e. The molecule has 0 N–H and O–H groups in total. The van der Waals surface area contributed by atoms with E-state index in [2.05, 4.69) is 15.2 Å². The average Bonchev–Trinajstić information content (AvgIpc) is 3.08. The van der Waals surface area contributed by atoms with Gasteiger partial charge in [-0.1, -0.05) is 30.3 Å². The molecule has 2 aromatic heterocycles. The number of ether oxygens (including phenoxy) is 2. The number of halogens is 2. The average molecular weight is 396 g/mol. The molecule has 0 amide bonds. The first-order valence-corrected chi connectivity index (χ1v) is 9.13. The molecule has 3 rings (SSSR count). The molecule has 0 radical (unpaired) electrons. The molecule has 0 unspecified atom stereocenters. The molecular formula is C17H15ClFN3O3S. The van der Waals surface area contributed by atoms with E-state index in [9.17, 15) is 4.39 Å². The molecule has 26 heavy (non-hydrogen) atoms. The van der Waals surface area contributed by atoms with Crippen LogP contribution in [-0.4, -0.2) is 20.9 Å². The van der Waals surface area contributed by atoms with Crippen LogP contribution in [0.1, 0.15) is 25.8 Å². The van der Waals surface area contributed by atoms with Gasteiger partial charge in [0.25, 0.3) is 17.0 Å². The second-order valence-electron chi connectivity index (χ2n) is 5.11. The largest absolute Gasteiger partial charge is 0.481 e. The molecule has 0 saturated heterocycles. The van der Waals surface area contributed by atoms with Gasteiger partial charge in [-0.15, -0.1) is 10.2 Å². The molecule has 0 bridgehead atoms. The van der Waals surface area contributed by atoms with Gasteiger partial charge in [0.05, 0.1) is 5.02 Å². The highest BCUT2D eigenvalue weighted by Crippen LogP contribution is 2.28. The smallest absolute Gasteiger partial charge is 0.276 e. The van der Waals surface area contributed by atoms with Crippen molar-refractivity contribution < 1.29 is 18.3 Å². The second-order valence-corrected chi connectivity index (χ2v) is 6.76. The summed E-state index contributed by atoms with van der Waals surface area (Å²) in [6, 6.07) is 7.81. The van der Waals surface area contributed by atoms with Gasteiger partial charge < -0.3 is 13.9 Å². The molecule has 1 atom stereocenters. The molecule has 0 aliphatic rings. The van der Waals surface area contributed by atoms with E-state index in [-0.39, 0.29) is 10.9 Å². The number of hydrogen-bond donors (Lipinski definition) is 0. The number of thioether (sulfide) groups is 1. The van der Waals surface area contributed by atoms with Gasteiger partial charge in [-0.2, -0.15) is 0 Å². The Kier molecular flexibility index (Phi) is 5.95. The van der Waals surface area contributed by atoms with E-state index >= 15 is 0 Å². The number of nitrogens with zero attached hydrogens (tertiary/aromatic N) is 3. The van der Waals surface area contributed by atoms with Crippen molar-refractivity contribution in [2.75, 3.05) is 5.75 Å². The van der Waals surface area contributed by atoms with Crippen LogP contribution in [0.3, 0.4) is 0 Å². The third kappa shape index (κ3) is 4.64. The van der Waals surface area contributed by atoms with Gasteiger partial charge in [0.2, 0.25) is 0 Å². The van der Waals surface area contributed by atoms with E-state index in [4.69, 9.17) is 25.5 Å². The van der Waals surface area contributed by atoms with Gasteiger partial charge in [-0.3, -0.25) is 0 Å². The minimum atomic E-state index is -0.636. The van der Waals surface area contributed by atoms with Crippen molar-refractivity contribution in [1.29, 1.82) is 0 Å². The quantitative estimate of drug-likeness (QED) is 0.502. The Balaban J connectivity index is 1.63. The minimum Gasteiger partial charge on any atom is -0.481 e. The van der Waals surface area contributed by atoms with E-state index in [0.717, 1.165) is 11.8 Å². The fourth-order valence-corrected chi connectivity index (χ4v) is 2.63. The van der Waals surface area contributed by atoms with E-state index < -0.39 is 11.9 Å². The summed E-state index contributed by atoms with van der Waals surface area (Å²) in [5, 5.41) is 8.63. The van der Waals surface area contributed by atoms with Crippen molar-refractivity contribution in [2.24, 2.45) is 0 Å². The van der Waals surface area contributed by atoms with Gasteiger partial charge in [-0.05, 0) is 43.0 Å². The van der Waals surface area contributed by atoms with E-state index in [1.165, 1.54) is 18.0 Å². The Morgan fingerprint density at radius 1 is 1.23 bits per heavy atom. The fourth-order valence-electron chi connectivity index (χ4n) is 2.00. The van der Waals surface area contributed by atoms with Crippen LogP contribution < -0.4 is 9.47 Å². The van der Waals surface area contributed by atoms with Crippen molar-refractivity contribution in [3.8, 4) is 17.4 Å². The van der Waals surface area contributed by atoms with E-state index in [0.29, 0.717) is 22.6 Å². The van der Waals surface area contributed by atoms with Gasteiger partial charge in [0, 0.05) is 6.20 Å². The summed E-state index contributed by atoms with van der Waals surface area (Å²) >= 11 is 7.13. The Morgan fingerprint density at radius 3 is 2.65 bits per heavy atom. The summed E-state index contributed by atoms with van der Waals surface area (Å²) in [5.74, 6) is 1.46. The number of rotatable bonds is 7. The third-order valence-electron chi connectivity index (χ3n) is 3.16. The zero-order valence-electron chi connectivity index (χ0n) is 14.0. The van der Waals surface area contributed by atoms with Crippen LogP contribution in [0.4, 0.5) is 4.39 Å². The lowest BCUT2D eigenvalue weighted by Crippen LogP contribution is -2.03.